The largest absolute Gasteiger partial charge is 0.383 e. The lowest BCUT2D eigenvalue weighted by molar-refractivity contribution is -0.130. The Balaban J connectivity index is 2.02. The highest BCUT2D eigenvalue weighted by Gasteiger charge is 2.36. The molecule has 5 heteroatoms. The molecule has 0 radical (unpaired) electrons. The summed E-state index contributed by atoms with van der Waals surface area (Å²) in [6, 6.07) is 5.82. The quantitative estimate of drug-likeness (QED) is 0.906. The van der Waals surface area contributed by atoms with Gasteiger partial charge in [-0.1, -0.05) is 12.1 Å². The zero-order chi connectivity index (χ0) is 16.3. The maximum absolute atomic E-state index is 12.4. The Morgan fingerprint density at radius 3 is 2.86 bits per heavy atom. The Kier molecular flexibility index (Phi) is 5.19. The van der Waals surface area contributed by atoms with Gasteiger partial charge in [-0.15, -0.1) is 0 Å². The summed E-state index contributed by atoms with van der Waals surface area (Å²) in [7, 11) is 1.61. The van der Waals surface area contributed by atoms with Crippen LogP contribution in [-0.4, -0.2) is 43.0 Å². The van der Waals surface area contributed by atoms with Gasteiger partial charge in [-0.2, -0.15) is 0 Å². The number of rotatable bonds is 5. The topological polar surface area (TPSA) is 58.6 Å². The van der Waals surface area contributed by atoms with Gasteiger partial charge in [-0.25, -0.2) is 0 Å². The molecule has 2 atom stereocenters. The second-order valence-electron chi connectivity index (χ2n) is 5.99. The van der Waals surface area contributed by atoms with E-state index in [1.807, 2.05) is 39.0 Å². The van der Waals surface area contributed by atoms with E-state index in [2.05, 4.69) is 5.32 Å². The predicted octanol–water partition coefficient (Wildman–Crippen LogP) is 2.13. The van der Waals surface area contributed by atoms with Crippen LogP contribution in [0.1, 0.15) is 24.5 Å². The third kappa shape index (κ3) is 3.47. The van der Waals surface area contributed by atoms with Crippen molar-refractivity contribution in [3.8, 4) is 0 Å². The number of carbonyl (C=O) groups is 2. The molecule has 1 aliphatic rings. The fourth-order valence-corrected chi connectivity index (χ4v) is 2.79. The monoisotopic (exact) mass is 304 g/mol. The van der Waals surface area contributed by atoms with E-state index in [0.717, 1.165) is 16.8 Å². The molecule has 0 bridgehead atoms. The molecule has 1 aromatic carbocycles. The zero-order valence-electron chi connectivity index (χ0n) is 13.7. The highest BCUT2D eigenvalue weighted by Crippen LogP contribution is 2.24. The zero-order valence-corrected chi connectivity index (χ0v) is 13.7. The Bertz CT molecular complexity index is 571. The molecule has 1 N–H and O–H groups in total. The van der Waals surface area contributed by atoms with Crippen molar-refractivity contribution in [2.24, 2.45) is 5.92 Å². The number of aryl methyl sites for hydroxylation is 1. The number of benzene rings is 1. The van der Waals surface area contributed by atoms with E-state index in [1.165, 1.54) is 0 Å². The first-order valence-corrected chi connectivity index (χ1v) is 7.59. The Hall–Kier alpha value is -1.88. The lowest BCUT2D eigenvalue weighted by atomic mass is 10.1. The molecule has 1 aromatic rings. The number of amides is 2. The second kappa shape index (κ2) is 6.92. The van der Waals surface area contributed by atoms with Gasteiger partial charge in [0.05, 0.1) is 18.6 Å². The van der Waals surface area contributed by atoms with Gasteiger partial charge in [0.25, 0.3) is 0 Å². The Morgan fingerprint density at radius 2 is 2.18 bits per heavy atom. The van der Waals surface area contributed by atoms with Gasteiger partial charge in [0, 0.05) is 25.8 Å². The van der Waals surface area contributed by atoms with E-state index in [-0.39, 0.29) is 30.2 Å². The molecule has 0 aromatic heterocycles. The second-order valence-corrected chi connectivity index (χ2v) is 5.99. The smallest absolute Gasteiger partial charge is 0.229 e. The molecule has 1 fully saturated rings. The van der Waals surface area contributed by atoms with Gasteiger partial charge in [0.1, 0.15) is 0 Å². The van der Waals surface area contributed by atoms with Crippen molar-refractivity contribution in [1.29, 1.82) is 0 Å². The van der Waals surface area contributed by atoms with Crippen molar-refractivity contribution >= 4 is 17.5 Å². The third-order valence-electron chi connectivity index (χ3n) is 4.33. The first kappa shape index (κ1) is 16.5. The molecule has 2 amide bonds. The number of carbonyl (C=O) groups excluding carboxylic acids is 2. The first-order valence-electron chi connectivity index (χ1n) is 7.59. The van der Waals surface area contributed by atoms with Gasteiger partial charge in [0.2, 0.25) is 11.8 Å². The summed E-state index contributed by atoms with van der Waals surface area (Å²) in [5.74, 6) is -0.369. The molecule has 22 heavy (non-hydrogen) atoms. The summed E-state index contributed by atoms with van der Waals surface area (Å²) < 4.78 is 5.09. The minimum atomic E-state index is -0.299. The summed E-state index contributed by atoms with van der Waals surface area (Å²) in [6.07, 6.45) is 0.269. The van der Waals surface area contributed by atoms with Crippen molar-refractivity contribution in [3.63, 3.8) is 0 Å². The molecular formula is C17H24N2O3. The van der Waals surface area contributed by atoms with Crippen LogP contribution in [0, 0.1) is 19.8 Å². The first-order chi connectivity index (χ1) is 10.4. The van der Waals surface area contributed by atoms with Gasteiger partial charge in [-0.05, 0) is 38.0 Å². The maximum atomic E-state index is 12.4. The van der Waals surface area contributed by atoms with Crippen LogP contribution in [0.25, 0.3) is 0 Å². The van der Waals surface area contributed by atoms with Crippen molar-refractivity contribution in [2.75, 3.05) is 25.6 Å². The summed E-state index contributed by atoms with van der Waals surface area (Å²) in [4.78, 5) is 26.2. The average molecular weight is 304 g/mol. The molecule has 0 spiro atoms. The number of methoxy groups -OCH3 is 1. The van der Waals surface area contributed by atoms with Crippen LogP contribution in [0.15, 0.2) is 18.2 Å². The Morgan fingerprint density at radius 1 is 1.45 bits per heavy atom. The average Bonchev–Trinajstić information content (AvgIpc) is 2.86. The number of hydrogen-bond donors (Lipinski definition) is 1. The third-order valence-corrected chi connectivity index (χ3v) is 4.33. The molecular weight excluding hydrogens is 280 g/mol. The lowest BCUT2D eigenvalue weighted by Crippen LogP contribution is -2.38. The van der Waals surface area contributed by atoms with Gasteiger partial charge < -0.3 is 15.0 Å². The van der Waals surface area contributed by atoms with Crippen LogP contribution >= 0.6 is 0 Å². The molecule has 5 nitrogen and oxygen atoms in total. The molecule has 2 rings (SSSR count). The number of hydrogen-bond acceptors (Lipinski definition) is 3. The van der Waals surface area contributed by atoms with Crippen LogP contribution in [0.4, 0.5) is 5.69 Å². The molecule has 0 saturated carbocycles. The van der Waals surface area contributed by atoms with E-state index in [0.29, 0.717) is 13.2 Å². The Labute approximate surface area is 131 Å². The number of likely N-dealkylation sites (tertiary alicyclic amines) is 1. The highest BCUT2D eigenvalue weighted by atomic mass is 16.5. The summed E-state index contributed by atoms with van der Waals surface area (Å²) in [5, 5.41) is 2.96. The van der Waals surface area contributed by atoms with E-state index in [9.17, 15) is 9.59 Å². The van der Waals surface area contributed by atoms with Gasteiger partial charge in [-0.3, -0.25) is 9.59 Å². The predicted molar refractivity (Wildman–Crippen MR) is 85.7 cm³/mol. The summed E-state index contributed by atoms with van der Waals surface area (Å²) >= 11 is 0. The van der Waals surface area contributed by atoms with E-state index >= 15 is 0 Å². The number of nitrogens with zero attached hydrogens (tertiary/aromatic N) is 1. The number of ether oxygens (including phenoxy) is 1. The molecule has 1 aliphatic heterocycles. The summed E-state index contributed by atoms with van der Waals surface area (Å²) in [6.45, 7) is 6.87. The van der Waals surface area contributed by atoms with Crippen LogP contribution in [0.5, 0.6) is 0 Å². The molecule has 120 valence electrons. The van der Waals surface area contributed by atoms with Crippen LogP contribution in [0.3, 0.4) is 0 Å². The van der Waals surface area contributed by atoms with Crippen LogP contribution in [0.2, 0.25) is 0 Å². The van der Waals surface area contributed by atoms with Crippen molar-refractivity contribution in [3.05, 3.63) is 29.3 Å². The maximum Gasteiger partial charge on any atom is 0.229 e. The van der Waals surface area contributed by atoms with Crippen molar-refractivity contribution in [1.82, 2.24) is 4.90 Å². The van der Waals surface area contributed by atoms with E-state index in [4.69, 9.17) is 4.74 Å². The van der Waals surface area contributed by atoms with Gasteiger partial charge in [0.15, 0.2) is 0 Å². The van der Waals surface area contributed by atoms with E-state index < -0.39 is 0 Å². The minimum Gasteiger partial charge on any atom is -0.383 e. The normalized spacial score (nSPS) is 19.4. The van der Waals surface area contributed by atoms with Crippen molar-refractivity contribution in [2.45, 2.75) is 33.2 Å². The van der Waals surface area contributed by atoms with Crippen LogP contribution < -0.4 is 5.32 Å². The fraction of sp³-hybridized carbons (Fsp3) is 0.529. The lowest BCUT2D eigenvalue weighted by Gasteiger charge is -2.24. The number of anilines is 1. The van der Waals surface area contributed by atoms with E-state index in [1.54, 1.807) is 12.0 Å². The highest BCUT2D eigenvalue weighted by molar-refractivity contribution is 5.97. The molecule has 0 aliphatic carbocycles. The fourth-order valence-electron chi connectivity index (χ4n) is 2.79. The summed E-state index contributed by atoms with van der Waals surface area (Å²) in [5.41, 5.74) is 3.02. The van der Waals surface area contributed by atoms with Crippen molar-refractivity contribution < 1.29 is 14.3 Å². The SMILES string of the molecule is COCC(C)N1CC(C(=O)Nc2cccc(C)c2C)CC1=O. The molecule has 1 heterocycles. The minimum absolute atomic E-state index is 0.00370. The molecule has 1 saturated heterocycles. The van der Waals surface area contributed by atoms with Gasteiger partial charge >= 0.3 is 0 Å². The molecule has 2 unspecified atom stereocenters. The van der Waals surface area contributed by atoms with Crippen LogP contribution in [-0.2, 0) is 14.3 Å². The number of nitrogens with one attached hydrogen (secondary N) is 1. The standard InChI is InChI=1S/C17H24N2O3/c1-11-6-5-7-15(13(11)3)18-17(21)14-8-16(20)19(9-14)12(2)10-22-4/h5-7,12,14H,8-10H2,1-4H3,(H,18,21).